The molecule has 1 aromatic carbocycles. The predicted octanol–water partition coefficient (Wildman–Crippen LogP) is 1.53. The van der Waals surface area contributed by atoms with Gasteiger partial charge in [0.2, 0.25) is 0 Å². The Morgan fingerprint density at radius 1 is 1.20 bits per heavy atom. The van der Waals surface area contributed by atoms with E-state index in [4.69, 9.17) is 4.74 Å². The highest BCUT2D eigenvalue weighted by Crippen LogP contribution is 2.18. The Bertz CT molecular complexity index is 738. The third-order valence-electron chi connectivity index (χ3n) is 3.76. The Hall–Kier alpha value is -2.60. The van der Waals surface area contributed by atoms with E-state index < -0.39 is 6.10 Å². The molecule has 0 radical (unpaired) electrons. The molecule has 2 aromatic rings. The van der Waals surface area contributed by atoms with Crippen LogP contribution in [0.15, 0.2) is 53.5 Å². The SMILES string of the molecule is CC(C)c1ccc(OCC(=O)NCC(O)Cn2ccccc2=O)cc1. The van der Waals surface area contributed by atoms with Crippen molar-refractivity contribution in [2.45, 2.75) is 32.4 Å². The molecule has 0 saturated carbocycles. The van der Waals surface area contributed by atoms with E-state index in [0.29, 0.717) is 11.7 Å². The summed E-state index contributed by atoms with van der Waals surface area (Å²) in [5.74, 6) is 0.735. The van der Waals surface area contributed by atoms with Crippen LogP contribution in [0.2, 0.25) is 0 Å². The zero-order valence-electron chi connectivity index (χ0n) is 14.5. The maximum Gasteiger partial charge on any atom is 0.258 e. The molecule has 6 heteroatoms. The van der Waals surface area contributed by atoms with Gasteiger partial charge in [-0.15, -0.1) is 0 Å². The second-order valence-electron chi connectivity index (χ2n) is 6.16. The molecule has 0 fully saturated rings. The van der Waals surface area contributed by atoms with Crippen molar-refractivity contribution in [2.75, 3.05) is 13.2 Å². The summed E-state index contributed by atoms with van der Waals surface area (Å²) in [6, 6.07) is 12.4. The first-order valence-corrected chi connectivity index (χ1v) is 8.28. The van der Waals surface area contributed by atoms with Gasteiger partial charge < -0.3 is 19.7 Å². The lowest BCUT2D eigenvalue weighted by atomic mass is 10.0. The molecule has 0 saturated heterocycles. The van der Waals surface area contributed by atoms with Crippen LogP contribution < -0.4 is 15.6 Å². The quantitative estimate of drug-likeness (QED) is 0.761. The summed E-state index contributed by atoms with van der Waals surface area (Å²) in [5.41, 5.74) is 1.01. The minimum atomic E-state index is -0.852. The summed E-state index contributed by atoms with van der Waals surface area (Å²) in [4.78, 5) is 23.4. The highest BCUT2D eigenvalue weighted by molar-refractivity contribution is 5.77. The van der Waals surface area contributed by atoms with Crippen LogP contribution in [0.3, 0.4) is 0 Å². The largest absolute Gasteiger partial charge is 0.484 e. The van der Waals surface area contributed by atoms with Crippen LogP contribution in [0, 0.1) is 0 Å². The molecule has 1 heterocycles. The van der Waals surface area contributed by atoms with Crippen molar-refractivity contribution in [1.82, 2.24) is 9.88 Å². The molecule has 2 N–H and O–H groups in total. The van der Waals surface area contributed by atoms with E-state index in [-0.39, 0.29) is 31.2 Å². The lowest BCUT2D eigenvalue weighted by molar-refractivity contribution is -0.123. The highest BCUT2D eigenvalue weighted by Gasteiger charge is 2.09. The second-order valence-corrected chi connectivity index (χ2v) is 6.16. The number of carbonyl (C=O) groups is 1. The van der Waals surface area contributed by atoms with E-state index in [1.54, 1.807) is 18.3 Å². The van der Waals surface area contributed by atoms with E-state index in [1.165, 1.54) is 16.2 Å². The summed E-state index contributed by atoms with van der Waals surface area (Å²) in [7, 11) is 0. The van der Waals surface area contributed by atoms with Crippen molar-refractivity contribution >= 4 is 5.91 Å². The average molecular weight is 344 g/mol. The Morgan fingerprint density at radius 3 is 2.56 bits per heavy atom. The molecular weight excluding hydrogens is 320 g/mol. The van der Waals surface area contributed by atoms with Crippen LogP contribution in [-0.4, -0.2) is 34.8 Å². The van der Waals surface area contributed by atoms with Gasteiger partial charge in [0.25, 0.3) is 11.5 Å². The number of aliphatic hydroxyl groups excluding tert-OH is 1. The highest BCUT2D eigenvalue weighted by atomic mass is 16.5. The molecule has 1 atom stereocenters. The molecule has 0 aliphatic carbocycles. The first-order valence-electron chi connectivity index (χ1n) is 8.28. The van der Waals surface area contributed by atoms with Gasteiger partial charge in [-0.05, 0) is 29.7 Å². The minimum Gasteiger partial charge on any atom is -0.484 e. The normalized spacial score (nSPS) is 12.0. The number of nitrogens with one attached hydrogen (secondary N) is 1. The lowest BCUT2D eigenvalue weighted by Crippen LogP contribution is -2.38. The number of hydrogen-bond donors (Lipinski definition) is 2. The van der Waals surface area contributed by atoms with E-state index in [9.17, 15) is 14.7 Å². The Labute approximate surface area is 147 Å². The molecule has 0 aliphatic rings. The van der Waals surface area contributed by atoms with Crippen molar-refractivity contribution in [2.24, 2.45) is 0 Å². The van der Waals surface area contributed by atoms with Gasteiger partial charge in [-0.25, -0.2) is 0 Å². The van der Waals surface area contributed by atoms with Crippen LogP contribution in [0.4, 0.5) is 0 Å². The van der Waals surface area contributed by atoms with Gasteiger partial charge in [0.1, 0.15) is 5.75 Å². The van der Waals surface area contributed by atoms with Crippen molar-refractivity contribution in [3.63, 3.8) is 0 Å². The summed E-state index contributed by atoms with van der Waals surface area (Å²) in [5, 5.41) is 12.5. The standard InChI is InChI=1S/C19H24N2O4/c1-14(2)15-6-8-17(9-7-15)25-13-18(23)20-11-16(22)12-21-10-4-3-5-19(21)24/h3-10,14,16,22H,11-13H2,1-2H3,(H,20,23). The summed E-state index contributed by atoms with van der Waals surface area (Å²) in [6.45, 7) is 4.27. The number of amides is 1. The Balaban J connectivity index is 1.73. The molecule has 1 aromatic heterocycles. The smallest absolute Gasteiger partial charge is 0.258 e. The number of aliphatic hydroxyl groups is 1. The van der Waals surface area contributed by atoms with Crippen molar-refractivity contribution in [1.29, 1.82) is 0 Å². The topological polar surface area (TPSA) is 80.6 Å². The number of pyridine rings is 1. The number of carbonyl (C=O) groups excluding carboxylic acids is 1. The lowest BCUT2D eigenvalue weighted by Gasteiger charge is -2.14. The maximum absolute atomic E-state index is 11.8. The zero-order chi connectivity index (χ0) is 18.2. The van der Waals surface area contributed by atoms with Gasteiger partial charge in [0, 0.05) is 18.8 Å². The molecule has 25 heavy (non-hydrogen) atoms. The first kappa shape index (κ1) is 18.7. The van der Waals surface area contributed by atoms with Crippen LogP contribution in [0.25, 0.3) is 0 Å². The number of hydrogen-bond acceptors (Lipinski definition) is 4. The molecule has 6 nitrogen and oxygen atoms in total. The van der Waals surface area contributed by atoms with Crippen LogP contribution in [0.1, 0.15) is 25.3 Å². The Kier molecular flexibility index (Phi) is 6.77. The fourth-order valence-electron chi connectivity index (χ4n) is 2.28. The third-order valence-corrected chi connectivity index (χ3v) is 3.76. The number of aromatic nitrogens is 1. The molecule has 134 valence electrons. The maximum atomic E-state index is 11.8. The fourth-order valence-corrected chi connectivity index (χ4v) is 2.28. The van der Waals surface area contributed by atoms with Gasteiger partial charge in [0.05, 0.1) is 12.6 Å². The number of ether oxygens (including phenoxy) is 1. The molecule has 1 amide bonds. The van der Waals surface area contributed by atoms with E-state index >= 15 is 0 Å². The molecule has 2 rings (SSSR count). The average Bonchev–Trinajstić information content (AvgIpc) is 2.60. The van der Waals surface area contributed by atoms with E-state index in [1.807, 2.05) is 24.3 Å². The summed E-state index contributed by atoms with van der Waals surface area (Å²) < 4.78 is 6.82. The number of rotatable bonds is 8. The minimum absolute atomic E-state index is 0.0514. The monoisotopic (exact) mass is 344 g/mol. The molecule has 1 unspecified atom stereocenters. The first-order chi connectivity index (χ1) is 12.0. The second kappa shape index (κ2) is 9.03. The summed E-state index contributed by atoms with van der Waals surface area (Å²) >= 11 is 0. The van der Waals surface area contributed by atoms with Crippen LogP contribution >= 0.6 is 0 Å². The van der Waals surface area contributed by atoms with E-state index in [2.05, 4.69) is 19.2 Å². The van der Waals surface area contributed by atoms with Crippen molar-refractivity contribution < 1.29 is 14.6 Å². The molecular formula is C19H24N2O4. The fraction of sp³-hybridized carbons (Fsp3) is 0.368. The van der Waals surface area contributed by atoms with E-state index in [0.717, 1.165) is 0 Å². The third kappa shape index (κ3) is 6.08. The van der Waals surface area contributed by atoms with Crippen molar-refractivity contribution in [3.05, 3.63) is 64.6 Å². The van der Waals surface area contributed by atoms with Gasteiger partial charge in [-0.1, -0.05) is 32.0 Å². The van der Waals surface area contributed by atoms with Crippen molar-refractivity contribution in [3.8, 4) is 5.75 Å². The number of benzene rings is 1. The van der Waals surface area contributed by atoms with Gasteiger partial charge >= 0.3 is 0 Å². The van der Waals surface area contributed by atoms with Crippen LogP contribution in [0.5, 0.6) is 5.75 Å². The van der Waals surface area contributed by atoms with Crippen LogP contribution in [-0.2, 0) is 11.3 Å². The van der Waals surface area contributed by atoms with Gasteiger partial charge in [-0.2, -0.15) is 0 Å². The molecule has 0 aliphatic heterocycles. The zero-order valence-corrected chi connectivity index (χ0v) is 14.5. The number of nitrogens with zero attached hydrogens (tertiary/aromatic N) is 1. The molecule has 0 spiro atoms. The predicted molar refractivity (Wildman–Crippen MR) is 95.7 cm³/mol. The Morgan fingerprint density at radius 2 is 1.92 bits per heavy atom. The van der Waals surface area contributed by atoms with Gasteiger partial charge in [0.15, 0.2) is 6.61 Å². The van der Waals surface area contributed by atoms with Gasteiger partial charge in [-0.3, -0.25) is 9.59 Å². The molecule has 0 bridgehead atoms. The summed E-state index contributed by atoms with van der Waals surface area (Å²) in [6.07, 6.45) is 0.742.